The molecule has 0 spiro atoms. The minimum atomic E-state index is -0.460. The van der Waals surface area contributed by atoms with Crippen LogP contribution >= 0.6 is 15.9 Å². The third kappa shape index (κ3) is 3.87. The zero-order chi connectivity index (χ0) is 17.8. The Balaban J connectivity index is 1.62. The molecule has 0 aliphatic carbocycles. The minimum absolute atomic E-state index is 0.0929. The normalized spacial score (nSPS) is 16.6. The first-order valence-corrected chi connectivity index (χ1v) is 8.35. The Kier molecular flexibility index (Phi) is 5.13. The van der Waals surface area contributed by atoms with Crippen molar-refractivity contribution in [1.29, 1.82) is 0 Å². The van der Waals surface area contributed by atoms with Gasteiger partial charge in [-0.3, -0.25) is 20.4 Å². The minimum Gasteiger partial charge on any atom is -0.481 e. The van der Waals surface area contributed by atoms with E-state index in [0.29, 0.717) is 12.4 Å². The maximum atomic E-state index is 12.3. The molecule has 1 fully saturated rings. The second kappa shape index (κ2) is 7.47. The summed E-state index contributed by atoms with van der Waals surface area (Å²) in [6, 6.07) is 9.01. The van der Waals surface area contributed by atoms with Gasteiger partial charge in [0.1, 0.15) is 0 Å². The van der Waals surface area contributed by atoms with E-state index in [1.165, 1.54) is 13.3 Å². The molecule has 2 amide bonds. The third-order valence-corrected chi connectivity index (χ3v) is 4.45. The summed E-state index contributed by atoms with van der Waals surface area (Å²) in [5.41, 5.74) is 5.93. The van der Waals surface area contributed by atoms with Crippen LogP contribution in [0.4, 0.5) is 11.6 Å². The molecule has 3 rings (SSSR count). The van der Waals surface area contributed by atoms with Crippen molar-refractivity contribution in [1.82, 2.24) is 15.4 Å². The highest BCUT2D eigenvalue weighted by Crippen LogP contribution is 2.31. The fourth-order valence-electron chi connectivity index (χ4n) is 2.52. The summed E-state index contributed by atoms with van der Waals surface area (Å²) in [5, 5.41) is 0. The van der Waals surface area contributed by atoms with Crippen molar-refractivity contribution in [2.45, 2.75) is 6.42 Å². The van der Waals surface area contributed by atoms with Crippen LogP contribution in [0.3, 0.4) is 0 Å². The molecule has 8 nitrogen and oxygen atoms in total. The van der Waals surface area contributed by atoms with E-state index >= 15 is 0 Å². The Morgan fingerprint density at radius 2 is 2.16 bits per heavy atom. The first kappa shape index (κ1) is 17.2. The molecule has 1 atom stereocenters. The summed E-state index contributed by atoms with van der Waals surface area (Å²) < 4.78 is 5.80. The summed E-state index contributed by atoms with van der Waals surface area (Å²) in [6.45, 7) is 0.313. The van der Waals surface area contributed by atoms with Gasteiger partial charge in [0, 0.05) is 29.7 Å². The van der Waals surface area contributed by atoms with Gasteiger partial charge in [0.15, 0.2) is 0 Å². The predicted molar refractivity (Wildman–Crippen MR) is 95.0 cm³/mol. The fourth-order valence-corrected chi connectivity index (χ4v) is 3.02. The van der Waals surface area contributed by atoms with Gasteiger partial charge in [-0.1, -0.05) is 12.1 Å². The van der Waals surface area contributed by atoms with Gasteiger partial charge in [-0.15, -0.1) is 0 Å². The largest absolute Gasteiger partial charge is 0.481 e. The number of benzene rings is 1. The molecule has 25 heavy (non-hydrogen) atoms. The smallest absolute Gasteiger partial charge is 0.245 e. The van der Waals surface area contributed by atoms with Gasteiger partial charge < -0.3 is 9.64 Å². The maximum absolute atomic E-state index is 12.3. The molecule has 1 aromatic carbocycles. The number of nitrogens with zero attached hydrogens (tertiary/aromatic N) is 3. The zero-order valence-electron chi connectivity index (χ0n) is 13.4. The number of hydrazine groups is 1. The lowest BCUT2D eigenvalue weighted by molar-refractivity contribution is -0.125. The number of nitrogens with one attached hydrogen (secondary N) is 2. The lowest BCUT2D eigenvalue weighted by Crippen LogP contribution is -2.37. The van der Waals surface area contributed by atoms with E-state index in [1.54, 1.807) is 11.0 Å². The molecule has 2 aromatic rings. The van der Waals surface area contributed by atoms with Crippen LogP contribution in [0.1, 0.15) is 6.42 Å². The molecule has 1 saturated heterocycles. The lowest BCUT2D eigenvalue weighted by atomic mass is 10.1. The summed E-state index contributed by atoms with van der Waals surface area (Å²) >= 11 is 3.43. The number of carbonyl (C=O) groups is 2. The first-order chi connectivity index (χ1) is 12.1. The summed E-state index contributed by atoms with van der Waals surface area (Å²) in [4.78, 5) is 34.2. The quantitative estimate of drug-likeness (QED) is 0.735. The number of amides is 2. The highest BCUT2D eigenvalue weighted by Gasteiger charge is 2.35. The molecule has 0 bridgehead atoms. The van der Waals surface area contributed by atoms with Gasteiger partial charge in [-0.2, -0.15) is 4.98 Å². The number of para-hydroxylation sites is 1. The number of hydrogen-bond donors (Lipinski definition) is 2. The molecule has 2 N–H and O–H groups in total. The average molecular weight is 406 g/mol. The van der Waals surface area contributed by atoms with Crippen molar-refractivity contribution in [3.8, 4) is 5.88 Å². The van der Waals surface area contributed by atoms with Crippen LogP contribution in [-0.4, -0.2) is 35.4 Å². The Morgan fingerprint density at radius 3 is 2.92 bits per heavy atom. The molecular weight excluding hydrogens is 390 g/mol. The van der Waals surface area contributed by atoms with Crippen LogP contribution in [0.5, 0.6) is 5.88 Å². The fraction of sp³-hybridized carbons (Fsp3) is 0.250. The molecule has 0 saturated carbocycles. The number of halogens is 1. The number of anilines is 2. The average Bonchev–Trinajstić information content (AvgIpc) is 3.02. The summed E-state index contributed by atoms with van der Waals surface area (Å²) in [7, 11) is 1.49. The standard InChI is InChI=1S/C16H16BrN5O3/c1-25-13-6-7-18-16(19-13)21-20-15(24)10-8-14(23)22(9-10)12-5-3-2-4-11(12)17/h2-7,10H,8-9H2,1H3,(H,20,24)(H,18,19,21)/t10-/m0/s1. The Bertz CT molecular complexity index is 801. The lowest BCUT2D eigenvalue weighted by Gasteiger charge is -2.18. The summed E-state index contributed by atoms with van der Waals surface area (Å²) in [6.07, 6.45) is 1.65. The van der Waals surface area contributed by atoms with Crippen molar-refractivity contribution < 1.29 is 14.3 Å². The van der Waals surface area contributed by atoms with Crippen LogP contribution in [0.15, 0.2) is 41.0 Å². The SMILES string of the molecule is COc1ccnc(NNC(=O)[C@H]2CC(=O)N(c3ccccc3Br)C2)n1. The second-order valence-electron chi connectivity index (χ2n) is 5.39. The van der Waals surface area contributed by atoms with Crippen LogP contribution in [0, 0.1) is 5.92 Å². The van der Waals surface area contributed by atoms with Crippen molar-refractivity contribution >= 4 is 39.4 Å². The van der Waals surface area contributed by atoms with Crippen LogP contribution in [0.25, 0.3) is 0 Å². The van der Waals surface area contributed by atoms with E-state index < -0.39 is 5.92 Å². The topological polar surface area (TPSA) is 96.4 Å². The van der Waals surface area contributed by atoms with Crippen molar-refractivity contribution in [2.75, 3.05) is 24.0 Å². The molecule has 9 heteroatoms. The van der Waals surface area contributed by atoms with E-state index in [0.717, 1.165) is 10.2 Å². The number of ether oxygens (including phenoxy) is 1. The molecular formula is C16H16BrN5O3. The number of carbonyl (C=O) groups excluding carboxylic acids is 2. The van der Waals surface area contributed by atoms with Crippen LogP contribution < -0.4 is 20.5 Å². The highest BCUT2D eigenvalue weighted by atomic mass is 79.9. The van der Waals surface area contributed by atoms with Gasteiger partial charge in [0.05, 0.1) is 18.7 Å². The monoisotopic (exact) mass is 405 g/mol. The molecule has 1 aromatic heterocycles. The van der Waals surface area contributed by atoms with Crippen LogP contribution in [0.2, 0.25) is 0 Å². The highest BCUT2D eigenvalue weighted by molar-refractivity contribution is 9.10. The molecule has 1 aliphatic rings. The number of hydrogen-bond acceptors (Lipinski definition) is 6. The van der Waals surface area contributed by atoms with Gasteiger partial charge in [0.25, 0.3) is 0 Å². The molecule has 0 radical (unpaired) electrons. The van der Waals surface area contributed by atoms with Gasteiger partial charge in [-0.05, 0) is 28.1 Å². The molecule has 130 valence electrons. The van der Waals surface area contributed by atoms with Crippen molar-refractivity contribution in [2.24, 2.45) is 5.92 Å². The van der Waals surface area contributed by atoms with Crippen molar-refractivity contribution in [3.05, 3.63) is 41.0 Å². The number of aromatic nitrogens is 2. The van der Waals surface area contributed by atoms with E-state index in [9.17, 15) is 9.59 Å². The molecule has 2 heterocycles. The Hall–Kier alpha value is -2.68. The van der Waals surface area contributed by atoms with E-state index in [1.807, 2.05) is 24.3 Å². The maximum Gasteiger partial charge on any atom is 0.245 e. The van der Waals surface area contributed by atoms with Crippen LogP contribution in [-0.2, 0) is 9.59 Å². The predicted octanol–water partition coefficient (Wildman–Crippen LogP) is 1.74. The molecule has 1 aliphatic heterocycles. The first-order valence-electron chi connectivity index (χ1n) is 7.56. The Morgan fingerprint density at radius 1 is 1.36 bits per heavy atom. The van der Waals surface area contributed by atoms with Gasteiger partial charge in [-0.25, -0.2) is 4.98 Å². The van der Waals surface area contributed by atoms with Crippen molar-refractivity contribution in [3.63, 3.8) is 0 Å². The Labute approximate surface area is 152 Å². The van der Waals surface area contributed by atoms with Gasteiger partial charge in [0.2, 0.25) is 23.6 Å². The second-order valence-corrected chi connectivity index (χ2v) is 6.25. The van der Waals surface area contributed by atoms with Gasteiger partial charge >= 0.3 is 0 Å². The van der Waals surface area contributed by atoms with E-state index in [-0.39, 0.29) is 24.2 Å². The number of rotatable bonds is 5. The summed E-state index contributed by atoms with van der Waals surface area (Å²) in [5.74, 6) is -0.265. The molecule has 0 unspecified atom stereocenters. The number of methoxy groups -OCH3 is 1. The third-order valence-electron chi connectivity index (χ3n) is 3.78. The van der Waals surface area contributed by atoms with E-state index in [2.05, 4.69) is 36.7 Å². The zero-order valence-corrected chi connectivity index (χ0v) is 15.0. The van der Waals surface area contributed by atoms with E-state index in [4.69, 9.17) is 4.74 Å².